The Morgan fingerprint density at radius 2 is 1.50 bits per heavy atom. The highest BCUT2D eigenvalue weighted by atomic mass is 31.2. The van der Waals surface area contributed by atoms with Gasteiger partial charge in [0.2, 0.25) is 0 Å². The number of rotatable bonds is 10. The minimum atomic E-state index is -1.24. The Kier molecular flexibility index (Phi) is 8.52. The molecule has 136 valence electrons. The zero-order valence-corrected chi connectivity index (χ0v) is 16.4. The van der Waals surface area contributed by atoms with E-state index in [9.17, 15) is 0 Å². The fraction of sp³-hybridized carbons (Fsp3) is 0.700. The second kappa shape index (κ2) is 10.4. The quantitative estimate of drug-likeness (QED) is 0.348. The number of hydrogen-bond acceptors (Lipinski definition) is 3. The lowest BCUT2D eigenvalue weighted by molar-refractivity contribution is 0.0426. The highest BCUT2D eigenvalue weighted by molar-refractivity contribution is 7.42. The van der Waals surface area contributed by atoms with Gasteiger partial charge in [0.15, 0.2) is 0 Å². The van der Waals surface area contributed by atoms with E-state index in [-0.39, 0.29) is 5.41 Å². The van der Waals surface area contributed by atoms with Gasteiger partial charge in [-0.2, -0.15) is 0 Å². The molecule has 0 spiro atoms. The molecule has 1 aromatic carbocycles. The van der Waals surface area contributed by atoms with Gasteiger partial charge in [0.05, 0.1) is 13.2 Å². The summed E-state index contributed by atoms with van der Waals surface area (Å²) in [7, 11) is -1.24. The van der Waals surface area contributed by atoms with E-state index >= 15 is 0 Å². The van der Waals surface area contributed by atoms with E-state index in [0.29, 0.717) is 13.2 Å². The Morgan fingerprint density at radius 3 is 2.12 bits per heavy atom. The summed E-state index contributed by atoms with van der Waals surface area (Å²) in [6, 6.07) is 8.39. The van der Waals surface area contributed by atoms with Gasteiger partial charge < -0.3 is 13.6 Å². The molecule has 1 saturated heterocycles. The van der Waals surface area contributed by atoms with Gasteiger partial charge >= 0.3 is 8.60 Å². The summed E-state index contributed by atoms with van der Waals surface area (Å²) >= 11 is 0. The average Bonchev–Trinajstić information content (AvgIpc) is 2.57. The molecule has 0 saturated carbocycles. The van der Waals surface area contributed by atoms with Crippen LogP contribution in [0.2, 0.25) is 0 Å². The van der Waals surface area contributed by atoms with Crippen LogP contribution in [-0.4, -0.2) is 13.2 Å². The zero-order valence-electron chi connectivity index (χ0n) is 15.6. The van der Waals surface area contributed by atoms with Gasteiger partial charge in [-0.3, -0.25) is 0 Å². The minimum Gasteiger partial charge on any atom is -0.427 e. The fourth-order valence-corrected chi connectivity index (χ4v) is 4.06. The maximum atomic E-state index is 5.80. The Balaban J connectivity index is 1.62. The third-order valence-electron chi connectivity index (χ3n) is 4.29. The lowest BCUT2D eigenvalue weighted by Gasteiger charge is -2.32. The van der Waals surface area contributed by atoms with E-state index in [2.05, 4.69) is 32.9 Å². The van der Waals surface area contributed by atoms with Crippen molar-refractivity contribution in [3.05, 3.63) is 29.8 Å². The highest BCUT2D eigenvalue weighted by Gasteiger charge is 2.31. The SMILES string of the molecule is CCCCCCCCCc1ccc(OP2OCC(C)(C)CO2)cc1. The number of benzene rings is 1. The summed E-state index contributed by atoms with van der Waals surface area (Å²) in [5.74, 6) is 0.837. The first-order chi connectivity index (χ1) is 11.6. The van der Waals surface area contributed by atoms with Crippen LogP contribution in [0.4, 0.5) is 0 Å². The molecule has 0 aromatic heterocycles. The molecule has 0 amide bonds. The molecular formula is C20H33O3P. The second-order valence-corrected chi connectivity index (χ2v) is 8.69. The molecule has 2 rings (SSSR count). The van der Waals surface area contributed by atoms with Crippen LogP contribution >= 0.6 is 8.60 Å². The molecule has 1 aromatic rings. The molecule has 0 atom stereocenters. The Labute approximate surface area is 149 Å². The molecule has 1 fully saturated rings. The molecule has 3 nitrogen and oxygen atoms in total. The van der Waals surface area contributed by atoms with Crippen LogP contribution < -0.4 is 4.52 Å². The van der Waals surface area contributed by atoms with Crippen molar-refractivity contribution in [2.24, 2.45) is 5.41 Å². The van der Waals surface area contributed by atoms with Crippen molar-refractivity contribution < 1.29 is 13.6 Å². The summed E-state index contributed by atoms with van der Waals surface area (Å²) in [6.07, 6.45) is 10.6. The van der Waals surface area contributed by atoms with Gasteiger partial charge in [0, 0.05) is 5.41 Å². The van der Waals surface area contributed by atoms with Crippen molar-refractivity contribution in [1.29, 1.82) is 0 Å². The van der Waals surface area contributed by atoms with Crippen molar-refractivity contribution in [3.63, 3.8) is 0 Å². The Hall–Kier alpha value is -0.630. The lowest BCUT2D eigenvalue weighted by Crippen LogP contribution is -2.28. The molecule has 1 aliphatic rings. The predicted octanol–water partition coefficient (Wildman–Crippen LogP) is 6.66. The monoisotopic (exact) mass is 352 g/mol. The summed E-state index contributed by atoms with van der Waals surface area (Å²) in [6.45, 7) is 7.92. The summed E-state index contributed by atoms with van der Waals surface area (Å²) < 4.78 is 17.1. The first-order valence-corrected chi connectivity index (χ1v) is 10.5. The van der Waals surface area contributed by atoms with Crippen LogP contribution in [0.15, 0.2) is 24.3 Å². The first-order valence-electron chi connectivity index (χ1n) is 9.42. The van der Waals surface area contributed by atoms with Gasteiger partial charge in [0.25, 0.3) is 0 Å². The van der Waals surface area contributed by atoms with Crippen molar-refractivity contribution in [2.75, 3.05) is 13.2 Å². The van der Waals surface area contributed by atoms with Crippen LogP contribution in [0.5, 0.6) is 5.75 Å². The normalized spacial score (nSPS) is 17.8. The number of aryl methyl sites for hydroxylation is 1. The third kappa shape index (κ3) is 7.51. The van der Waals surface area contributed by atoms with Crippen LogP contribution in [0.3, 0.4) is 0 Å². The molecule has 0 aliphatic carbocycles. The van der Waals surface area contributed by atoms with E-state index in [0.717, 1.165) is 12.2 Å². The maximum Gasteiger partial charge on any atom is 0.397 e. The summed E-state index contributed by atoms with van der Waals surface area (Å²) in [5.41, 5.74) is 1.47. The predicted molar refractivity (Wildman–Crippen MR) is 101 cm³/mol. The molecule has 1 aliphatic heterocycles. The lowest BCUT2D eigenvalue weighted by atomic mass is 9.97. The molecular weight excluding hydrogens is 319 g/mol. The molecule has 1 heterocycles. The summed E-state index contributed by atoms with van der Waals surface area (Å²) in [4.78, 5) is 0. The van der Waals surface area contributed by atoms with Crippen molar-refractivity contribution >= 4 is 8.60 Å². The highest BCUT2D eigenvalue weighted by Crippen LogP contribution is 2.46. The Bertz CT molecular complexity index is 448. The number of unbranched alkanes of at least 4 members (excludes halogenated alkanes) is 6. The molecule has 0 N–H and O–H groups in total. The topological polar surface area (TPSA) is 27.7 Å². The molecule has 24 heavy (non-hydrogen) atoms. The van der Waals surface area contributed by atoms with E-state index in [1.807, 2.05) is 12.1 Å². The first kappa shape index (κ1) is 19.7. The van der Waals surface area contributed by atoms with Gasteiger partial charge in [-0.1, -0.05) is 71.4 Å². The second-order valence-electron chi connectivity index (χ2n) is 7.54. The zero-order chi connectivity index (χ0) is 17.3. The third-order valence-corrected chi connectivity index (χ3v) is 5.33. The molecule has 0 bridgehead atoms. The van der Waals surface area contributed by atoms with Crippen LogP contribution in [0.1, 0.15) is 71.3 Å². The largest absolute Gasteiger partial charge is 0.427 e. The van der Waals surface area contributed by atoms with E-state index in [1.54, 1.807) is 0 Å². The van der Waals surface area contributed by atoms with E-state index in [4.69, 9.17) is 13.6 Å². The molecule has 0 unspecified atom stereocenters. The molecule has 0 radical (unpaired) electrons. The maximum absolute atomic E-state index is 5.80. The fourth-order valence-electron chi connectivity index (χ4n) is 2.68. The van der Waals surface area contributed by atoms with E-state index < -0.39 is 8.60 Å². The van der Waals surface area contributed by atoms with Crippen LogP contribution in [0.25, 0.3) is 0 Å². The molecule has 4 heteroatoms. The average molecular weight is 352 g/mol. The van der Waals surface area contributed by atoms with Crippen LogP contribution in [0, 0.1) is 5.41 Å². The Morgan fingerprint density at radius 1 is 0.917 bits per heavy atom. The number of hydrogen-bond donors (Lipinski definition) is 0. The van der Waals surface area contributed by atoms with Crippen LogP contribution in [-0.2, 0) is 15.5 Å². The van der Waals surface area contributed by atoms with Crippen molar-refractivity contribution in [2.45, 2.75) is 72.1 Å². The van der Waals surface area contributed by atoms with Crippen molar-refractivity contribution in [1.82, 2.24) is 0 Å². The minimum absolute atomic E-state index is 0.0859. The van der Waals surface area contributed by atoms with E-state index in [1.165, 1.54) is 50.5 Å². The smallest absolute Gasteiger partial charge is 0.397 e. The van der Waals surface area contributed by atoms with Gasteiger partial charge in [0.1, 0.15) is 5.75 Å². The van der Waals surface area contributed by atoms with Gasteiger partial charge in [-0.25, -0.2) is 0 Å². The summed E-state index contributed by atoms with van der Waals surface area (Å²) in [5, 5.41) is 0. The standard InChI is InChI=1S/C20H33O3P/c1-4-5-6-7-8-9-10-11-18-12-14-19(15-13-18)23-24-21-16-20(2,3)17-22-24/h12-15H,4-11,16-17H2,1-3H3. The van der Waals surface area contributed by atoms with Gasteiger partial charge in [-0.05, 0) is 30.5 Å². The van der Waals surface area contributed by atoms with Gasteiger partial charge in [-0.15, -0.1) is 0 Å². The van der Waals surface area contributed by atoms with Crippen molar-refractivity contribution in [3.8, 4) is 5.75 Å².